The fourth-order valence-electron chi connectivity index (χ4n) is 1.71. The van der Waals surface area contributed by atoms with Crippen LogP contribution >= 0.6 is 0 Å². The molecule has 9 nitrogen and oxygen atoms in total. The minimum absolute atomic E-state index is 0.0367. The molecule has 1 amide bonds. The summed E-state index contributed by atoms with van der Waals surface area (Å²) in [5, 5.41) is 14.3. The smallest absolute Gasteiger partial charge is 0.270 e. The average molecular weight is 291 g/mol. The molecule has 0 bridgehead atoms. The van der Waals surface area contributed by atoms with E-state index in [1.165, 1.54) is 18.5 Å². The summed E-state index contributed by atoms with van der Waals surface area (Å²) in [4.78, 5) is 28.9. The van der Waals surface area contributed by atoms with E-state index in [0.29, 0.717) is 23.3 Å². The van der Waals surface area contributed by atoms with Crippen molar-refractivity contribution in [3.05, 3.63) is 34.6 Å². The van der Waals surface area contributed by atoms with E-state index in [1.54, 1.807) is 6.07 Å². The van der Waals surface area contributed by atoms with Crippen molar-refractivity contribution in [1.29, 1.82) is 0 Å². The van der Waals surface area contributed by atoms with Crippen molar-refractivity contribution in [2.45, 2.75) is 0 Å². The third-order valence-corrected chi connectivity index (χ3v) is 2.61. The maximum atomic E-state index is 10.8. The van der Waals surface area contributed by atoms with Crippen LogP contribution in [-0.4, -0.2) is 40.6 Å². The summed E-state index contributed by atoms with van der Waals surface area (Å²) in [6, 6.07) is 4.35. The van der Waals surface area contributed by atoms with Crippen molar-refractivity contribution in [2.75, 3.05) is 25.1 Å². The molecule has 0 fully saturated rings. The number of hydrogen-bond donors (Lipinski definition) is 2. The number of hydrogen-bond acceptors (Lipinski definition) is 7. The summed E-state index contributed by atoms with van der Waals surface area (Å²) in [7, 11) is 0. The quantitative estimate of drug-likeness (QED) is 0.429. The number of ether oxygens (including phenoxy) is 1. The van der Waals surface area contributed by atoms with Crippen LogP contribution in [0.25, 0.3) is 10.9 Å². The predicted molar refractivity (Wildman–Crippen MR) is 74.7 cm³/mol. The maximum absolute atomic E-state index is 10.8. The number of nitro groups is 1. The number of nitrogens with one attached hydrogen (secondary N) is 1. The van der Waals surface area contributed by atoms with Crippen molar-refractivity contribution in [3.8, 4) is 0 Å². The van der Waals surface area contributed by atoms with Crippen LogP contribution in [0, 0.1) is 10.1 Å². The topological polar surface area (TPSA) is 133 Å². The zero-order valence-corrected chi connectivity index (χ0v) is 11.0. The summed E-state index contributed by atoms with van der Waals surface area (Å²) in [5.41, 5.74) is 5.49. The molecule has 0 saturated heterocycles. The van der Waals surface area contributed by atoms with Gasteiger partial charge in [-0.05, 0) is 6.07 Å². The first-order chi connectivity index (χ1) is 10.1. The van der Waals surface area contributed by atoms with Gasteiger partial charge in [0, 0.05) is 24.1 Å². The Morgan fingerprint density at radius 3 is 2.95 bits per heavy atom. The van der Waals surface area contributed by atoms with Crippen LogP contribution in [0.4, 0.5) is 11.5 Å². The second kappa shape index (κ2) is 6.57. The van der Waals surface area contributed by atoms with Crippen LogP contribution in [0.3, 0.4) is 0 Å². The molecule has 0 unspecified atom stereocenters. The second-order valence-electron chi connectivity index (χ2n) is 4.13. The van der Waals surface area contributed by atoms with Gasteiger partial charge in [-0.15, -0.1) is 0 Å². The van der Waals surface area contributed by atoms with Crippen LogP contribution in [0.5, 0.6) is 0 Å². The highest BCUT2D eigenvalue weighted by molar-refractivity contribution is 5.90. The van der Waals surface area contributed by atoms with Gasteiger partial charge in [0.15, 0.2) is 0 Å². The van der Waals surface area contributed by atoms with Gasteiger partial charge in [0.1, 0.15) is 18.8 Å². The Labute approximate surface area is 119 Å². The third kappa shape index (κ3) is 3.83. The Balaban J connectivity index is 2.10. The molecule has 2 aromatic rings. The Morgan fingerprint density at radius 1 is 1.43 bits per heavy atom. The highest BCUT2D eigenvalue weighted by Crippen LogP contribution is 2.23. The van der Waals surface area contributed by atoms with Crippen molar-refractivity contribution >= 4 is 28.3 Å². The molecule has 21 heavy (non-hydrogen) atoms. The summed E-state index contributed by atoms with van der Waals surface area (Å²) < 4.78 is 5.00. The first-order valence-electron chi connectivity index (χ1n) is 6.07. The molecule has 9 heteroatoms. The molecule has 1 aromatic carbocycles. The zero-order valence-electron chi connectivity index (χ0n) is 11.0. The molecule has 3 N–H and O–H groups in total. The minimum atomic E-state index is -0.543. The van der Waals surface area contributed by atoms with Crippen molar-refractivity contribution in [3.63, 3.8) is 0 Å². The van der Waals surface area contributed by atoms with E-state index in [-0.39, 0.29) is 18.9 Å². The van der Waals surface area contributed by atoms with E-state index in [2.05, 4.69) is 15.3 Å². The number of nitrogens with zero attached hydrogens (tertiary/aromatic N) is 3. The molecule has 0 aliphatic rings. The molecule has 1 heterocycles. The summed E-state index contributed by atoms with van der Waals surface area (Å²) >= 11 is 0. The van der Waals surface area contributed by atoms with Gasteiger partial charge >= 0.3 is 0 Å². The normalized spacial score (nSPS) is 10.5. The summed E-state index contributed by atoms with van der Waals surface area (Å²) in [6.45, 7) is 0.475. The molecule has 2 rings (SSSR count). The summed E-state index contributed by atoms with van der Waals surface area (Å²) in [6.07, 6.45) is 1.36. The van der Waals surface area contributed by atoms with Crippen LogP contribution < -0.4 is 11.1 Å². The molecule has 110 valence electrons. The minimum Gasteiger partial charge on any atom is -0.370 e. The number of fused-ring (bicyclic) bond motifs is 1. The predicted octanol–water partition coefficient (Wildman–Crippen LogP) is 0.452. The van der Waals surface area contributed by atoms with Crippen LogP contribution in [-0.2, 0) is 9.53 Å². The Morgan fingerprint density at radius 2 is 2.24 bits per heavy atom. The van der Waals surface area contributed by atoms with Gasteiger partial charge in [0.05, 0.1) is 17.0 Å². The lowest BCUT2D eigenvalue weighted by molar-refractivity contribution is -0.384. The van der Waals surface area contributed by atoms with Crippen molar-refractivity contribution < 1.29 is 14.5 Å². The molecule has 1 aromatic heterocycles. The number of carbonyl (C=O) groups excluding carboxylic acids is 1. The number of rotatable bonds is 7. The Bertz CT molecular complexity index is 676. The molecule has 0 saturated carbocycles. The van der Waals surface area contributed by atoms with Gasteiger partial charge in [0.25, 0.3) is 5.69 Å². The fourth-order valence-corrected chi connectivity index (χ4v) is 1.71. The van der Waals surface area contributed by atoms with Crippen molar-refractivity contribution in [1.82, 2.24) is 9.97 Å². The third-order valence-electron chi connectivity index (χ3n) is 2.61. The number of carbonyl (C=O) groups is 1. The van der Waals surface area contributed by atoms with Crippen LogP contribution in [0.2, 0.25) is 0 Å². The Kier molecular flexibility index (Phi) is 4.57. The van der Waals surface area contributed by atoms with E-state index < -0.39 is 10.8 Å². The monoisotopic (exact) mass is 291 g/mol. The van der Waals surface area contributed by atoms with Crippen LogP contribution in [0.1, 0.15) is 0 Å². The summed E-state index contributed by atoms with van der Waals surface area (Å²) in [5.74, 6) is -0.0792. The first-order valence-corrected chi connectivity index (χ1v) is 6.07. The largest absolute Gasteiger partial charge is 0.370 e. The molecular weight excluding hydrogens is 278 g/mol. The molecule has 0 atom stereocenters. The van der Waals surface area contributed by atoms with E-state index in [9.17, 15) is 14.9 Å². The standard InChI is InChI=1S/C12H13N5O4/c13-11(18)6-21-4-3-14-12-9-5-8(17(19)20)1-2-10(9)15-7-16-12/h1-2,5,7H,3-4,6H2,(H2,13,18)(H,14,15,16). The highest BCUT2D eigenvalue weighted by atomic mass is 16.6. The lowest BCUT2D eigenvalue weighted by Gasteiger charge is -2.08. The van der Waals surface area contributed by atoms with Gasteiger partial charge in [-0.2, -0.15) is 0 Å². The van der Waals surface area contributed by atoms with Gasteiger partial charge in [-0.3, -0.25) is 14.9 Å². The van der Waals surface area contributed by atoms with Gasteiger partial charge in [-0.1, -0.05) is 0 Å². The number of nitro benzene ring substituents is 1. The first kappa shape index (κ1) is 14.6. The van der Waals surface area contributed by atoms with Gasteiger partial charge < -0.3 is 15.8 Å². The number of non-ortho nitro benzene ring substituents is 1. The van der Waals surface area contributed by atoms with E-state index in [0.717, 1.165) is 0 Å². The molecule has 0 radical (unpaired) electrons. The fraction of sp³-hybridized carbons (Fsp3) is 0.250. The SMILES string of the molecule is NC(=O)COCCNc1ncnc2ccc([N+](=O)[O-])cc12. The van der Waals surface area contributed by atoms with Crippen molar-refractivity contribution in [2.24, 2.45) is 5.73 Å². The number of primary amides is 1. The van der Waals surface area contributed by atoms with E-state index in [4.69, 9.17) is 10.5 Å². The highest BCUT2D eigenvalue weighted by Gasteiger charge is 2.10. The molecule has 0 aliphatic heterocycles. The second-order valence-corrected chi connectivity index (χ2v) is 4.13. The molecular formula is C12H13N5O4. The van der Waals surface area contributed by atoms with E-state index in [1.807, 2.05) is 0 Å². The van der Waals surface area contributed by atoms with E-state index >= 15 is 0 Å². The lowest BCUT2D eigenvalue weighted by Crippen LogP contribution is -2.20. The number of anilines is 1. The zero-order chi connectivity index (χ0) is 15.2. The number of benzene rings is 1. The van der Waals surface area contributed by atoms with Crippen LogP contribution in [0.15, 0.2) is 24.5 Å². The lowest BCUT2D eigenvalue weighted by atomic mass is 10.2. The van der Waals surface area contributed by atoms with Gasteiger partial charge in [0.2, 0.25) is 5.91 Å². The molecule has 0 aliphatic carbocycles. The maximum Gasteiger partial charge on any atom is 0.270 e. The Hall–Kier alpha value is -2.81. The average Bonchev–Trinajstić information content (AvgIpc) is 2.46. The number of aromatic nitrogens is 2. The van der Waals surface area contributed by atoms with Gasteiger partial charge in [-0.25, -0.2) is 9.97 Å². The number of amides is 1. The molecule has 0 spiro atoms. The number of nitrogens with two attached hydrogens (primary N) is 1.